The number of urea groups is 1. The Bertz CT molecular complexity index is 623. The Kier molecular flexibility index (Phi) is 2.52. The minimum absolute atomic E-state index is 0.111. The zero-order valence-corrected chi connectivity index (χ0v) is 11.2. The number of hydrogen-bond acceptors (Lipinski definition) is 1. The van der Waals surface area contributed by atoms with Gasteiger partial charge in [-0.15, -0.1) is 0 Å². The molecule has 2 aliphatic rings. The fourth-order valence-corrected chi connectivity index (χ4v) is 3.22. The first kappa shape index (κ1) is 11.5. The molecule has 2 aromatic carbocycles. The smallest absolute Gasteiger partial charge is 0.293 e. The molecule has 0 N–H and O–H groups in total. The van der Waals surface area contributed by atoms with Gasteiger partial charge in [0, 0.05) is 24.5 Å². The summed E-state index contributed by atoms with van der Waals surface area (Å²) in [7, 11) is 0. The summed E-state index contributed by atoms with van der Waals surface area (Å²) in [5, 5.41) is 0. The van der Waals surface area contributed by atoms with Crippen molar-refractivity contribution in [2.75, 3.05) is 22.9 Å². The third-order valence-corrected chi connectivity index (χ3v) is 4.24. The minimum Gasteiger partial charge on any atom is -0.293 e. The van der Waals surface area contributed by atoms with Gasteiger partial charge in [-0.2, -0.15) is 0 Å². The van der Waals surface area contributed by atoms with E-state index in [4.69, 9.17) is 0 Å². The molecular weight excluding hydrogens is 248 g/mol. The molecule has 0 spiro atoms. The molecule has 0 aliphatic carbocycles. The van der Waals surface area contributed by atoms with Gasteiger partial charge in [0.05, 0.1) is 0 Å². The summed E-state index contributed by atoms with van der Waals surface area (Å²) in [4.78, 5) is 16.7. The van der Waals surface area contributed by atoms with E-state index in [1.807, 2.05) is 46.2 Å². The fourth-order valence-electron chi connectivity index (χ4n) is 3.22. The van der Waals surface area contributed by atoms with Gasteiger partial charge < -0.3 is 0 Å². The highest BCUT2D eigenvalue weighted by Gasteiger charge is 2.31. The maximum Gasteiger partial charge on any atom is 0.328 e. The number of rotatable bonds is 0. The van der Waals surface area contributed by atoms with Crippen LogP contribution in [0.4, 0.5) is 16.2 Å². The van der Waals surface area contributed by atoms with Crippen molar-refractivity contribution in [2.24, 2.45) is 0 Å². The Balaban J connectivity index is 1.67. The summed E-state index contributed by atoms with van der Waals surface area (Å²) in [6.07, 6.45) is 1.91. The summed E-state index contributed by atoms with van der Waals surface area (Å²) in [5.41, 5.74) is 4.69. The number of para-hydroxylation sites is 2. The second-order valence-corrected chi connectivity index (χ2v) is 5.34. The normalized spacial score (nSPS) is 16.2. The van der Waals surface area contributed by atoms with E-state index in [-0.39, 0.29) is 6.03 Å². The average molecular weight is 264 g/mol. The number of fused-ring (bicyclic) bond motifs is 2. The first-order valence-electron chi connectivity index (χ1n) is 7.09. The maximum atomic E-state index is 12.8. The first-order valence-corrected chi connectivity index (χ1v) is 7.09. The molecular formula is C17H16N2O. The van der Waals surface area contributed by atoms with E-state index in [2.05, 4.69) is 12.1 Å². The molecule has 100 valence electrons. The van der Waals surface area contributed by atoms with E-state index in [1.165, 1.54) is 11.1 Å². The van der Waals surface area contributed by atoms with Crippen LogP contribution in [0.3, 0.4) is 0 Å². The van der Waals surface area contributed by atoms with Gasteiger partial charge in [-0.25, -0.2) is 4.79 Å². The molecule has 0 radical (unpaired) electrons. The zero-order valence-electron chi connectivity index (χ0n) is 11.2. The molecule has 20 heavy (non-hydrogen) atoms. The fraction of sp³-hybridized carbons (Fsp3) is 0.235. The van der Waals surface area contributed by atoms with Gasteiger partial charge in [-0.1, -0.05) is 36.4 Å². The highest BCUT2D eigenvalue weighted by atomic mass is 16.2. The van der Waals surface area contributed by atoms with Crippen LogP contribution in [-0.2, 0) is 12.8 Å². The van der Waals surface area contributed by atoms with Crippen molar-refractivity contribution in [3.63, 3.8) is 0 Å². The number of carbonyl (C=O) groups is 1. The molecule has 0 fully saturated rings. The molecule has 3 heteroatoms. The monoisotopic (exact) mass is 264 g/mol. The van der Waals surface area contributed by atoms with Crippen LogP contribution in [0.15, 0.2) is 48.5 Å². The van der Waals surface area contributed by atoms with E-state index in [9.17, 15) is 4.79 Å². The summed E-state index contributed by atoms with van der Waals surface area (Å²) in [5.74, 6) is 0. The number of carbonyl (C=O) groups excluding carboxylic acids is 1. The van der Waals surface area contributed by atoms with Crippen LogP contribution in [0.2, 0.25) is 0 Å². The minimum atomic E-state index is 0.111. The van der Waals surface area contributed by atoms with E-state index in [0.29, 0.717) is 0 Å². The van der Waals surface area contributed by atoms with Crippen LogP contribution in [0.25, 0.3) is 0 Å². The molecule has 0 saturated heterocycles. The lowest BCUT2D eigenvalue weighted by atomic mass is 10.2. The lowest BCUT2D eigenvalue weighted by Crippen LogP contribution is -2.41. The van der Waals surface area contributed by atoms with E-state index >= 15 is 0 Å². The Morgan fingerprint density at radius 1 is 0.750 bits per heavy atom. The molecule has 4 rings (SSSR count). The number of anilines is 2. The highest BCUT2D eigenvalue weighted by Crippen LogP contribution is 2.33. The molecule has 0 aromatic heterocycles. The van der Waals surface area contributed by atoms with Crippen molar-refractivity contribution in [1.29, 1.82) is 0 Å². The van der Waals surface area contributed by atoms with Crippen LogP contribution >= 0.6 is 0 Å². The van der Waals surface area contributed by atoms with E-state index < -0.39 is 0 Å². The SMILES string of the molecule is O=C(N1CCc2ccccc21)N1CCc2ccccc21. The van der Waals surface area contributed by atoms with Gasteiger partial charge in [-0.05, 0) is 36.1 Å². The lowest BCUT2D eigenvalue weighted by Gasteiger charge is -2.25. The van der Waals surface area contributed by atoms with Crippen LogP contribution in [0.5, 0.6) is 0 Å². The standard InChI is InChI=1S/C17H16N2O/c20-17(18-11-9-13-5-1-3-7-15(13)18)19-12-10-14-6-2-4-8-16(14)19/h1-8H,9-12H2. The number of amides is 2. The van der Waals surface area contributed by atoms with Crippen LogP contribution in [-0.4, -0.2) is 19.1 Å². The average Bonchev–Trinajstić information content (AvgIpc) is 3.11. The Hall–Kier alpha value is -2.29. The number of hydrogen-bond donors (Lipinski definition) is 0. The second-order valence-electron chi connectivity index (χ2n) is 5.34. The second kappa shape index (κ2) is 4.37. The first-order chi connectivity index (χ1) is 9.84. The summed E-state index contributed by atoms with van der Waals surface area (Å²) < 4.78 is 0. The summed E-state index contributed by atoms with van der Waals surface area (Å²) >= 11 is 0. The van der Waals surface area contributed by atoms with Gasteiger partial charge in [0.1, 0.15) is 0 Å². The predicted octanol–water partition coefficient (Wildman–Crippen LogP) is 3.23. The number of nitrogens with zero attached hydrogens (tertiary/aromatic N) is 2. The quantitative estimate of drug-likeness (QED) is 0.716. The number of benzene rings is 2. The van der Waals surface area contributed by atoms with Crippen LogP contribution in [0.1, 0.15) is 11.1 Å². The third kappa shape index (κ3) is 1.63. The summed E-state index contributed by atoms with van der Waals surface area (Å²) in [6.45, 7) is 1.58. The van der Waals surface area contributed by atoms with Gasteiger partial charge in [0.2, 0.25) is 0 Å². The topological polar surface area (TPSA) is 23.6 Å². The Morgan fingerprint density at radius 2 is 1.20 bits per heavy atom. The molecule has 0 atom stereocenters. The molecule has 0 unspecified atom stereocenters. The Morgan fingerprint density at radius 3 is 1.70 bits per heavy atom. The maximum absolute atomic E-state index is 12.8. The largest absolute Gasteiger partial charge is 0.328 e. The van der Waals surface area contributed by atoms with E-state index in [0.717, 1.165) is 37.3 Å². The Labute approximate surface area is 118 Å². The van der Waals surface area contributed by atoms with Crippen molar-refractivity contribution in [2.45, 2.75) is 12.8 Å². The van der Waals surface area contributed by atoms with Gasteiger partial charge >= 0.3 is 6.03 Å². The van der Waals surface area contributed by atoms with Gasteiger partial charge in [-0.3, -0.25) is 9.80 Å². The van der Waals surface area contributed by atoms with Crippen LogP contribution < -0.4 is 9.80 Å². The molecule has 0 bridgehead atoms. The van der Waals surface area contributed by atoms with Crippen molar-refractivity contribution >= 4 is 17.4 Å². The summed E-state index contributed by atoms with van der Waals surface area (Å²) in [6, 6.07) is 16.5. The molecule has 2 aromatic rings. The molecule has 2 amide bonds. The molecule has 2 heterocycles. The highest BCUT2D eigenvalue weighted by molar-refractivity contribution is 6.06. The van der Waals surface area contributed by atoms with Crippen molar-refractivity contribution in [3.8, 4) is 0 Å². The van der Waals surface area contributed by atoms with E-state index in [1.54, 1.807) is 0 Å². The molecule has 0 saturated carbocycles. The zero-order chi connectivity index (χ0) is 13.5. The molecule has 2 aliphatic heterocycles. The lowest BCUT2D eigenvalue weighted by molar-refractivity contribution is 0.252. The molecule has 3 nitrogen and oxygen atoms in total. The van der Waals surface area contributed by atoms with Crippen LogP contribution in [0, 0.1) is 0 Å². The van der Waals surface area contributed by atoms with Crippen molar-refractivity contribution in [3.05, 3.63) is 59.7 Å². The van der Waals surface area contributed by atoms with Gasteiger partial charge in [0.15, 0.2) is 0 Å². The van der Waals surface area contributed by atoms with Crippen molar-refractivity contribution < 1.29 is 4.79 Å². The third-order valence-electron chi connectivity index (χ3n) is 4.24. The van der Waals surface area contributed by atoms with Gasteiger partial charge in [0.25, 0.3) is 0 Å². The van der Waals surface area contributed by atoms with Crippen molar-refractivity contribution in [1.82, 2.24) is 0 Å². The predicted molar refractivity (Wildman–Crippen MR) is 80.4 cm³/mol.